The smallest absolute Gasteiger partial charge is 0.237 e. The molecule has 5 nitrogen and oxygen atoms in total. The number of rotatable bonds is 5. The molecular formula is C18H16Cl2N4OS. The number of carbonyl (C=O) groups is 1. The van der Waals surface area contributed by atoms with Gasteiger partial charge in [-0.15, -0.1) is 5.10 Å². The number of H-pyrrole nitrogens is 1. The fourth-order valence-corrected chi connectivity index (χ4v) is 3.23. The second-order valence-corrected chi connectivity index (χ2v) is 7.86. The van der Waals surface area contributed by atoms with Gasteiger partial charge in [0.25, 0.3) is 0 Å². The Labute approximate surface area is 165 Å². The maximum atomic E-state index is 12.4. The van der Waals surface area contributed by atoms with Crippen LogP contribution in [0.15, 0.2) is 47.6 Å². The predicted molar refractivity (Wildman–Crippen MR) is 107 cm³/mol. The summed E-state index contributed by atoms with van der Waals surface area (Å²) in [6, 6.07) is 12.7. The van der Waals surface area contributed by atoms with Crippen molar-refractivity contribution in [3.05, 3.63) is 58.1 Å². The van der Waals surface area contributed by atoms with Gasteiger partial charge in [0.15, 0.2) is 5.82 Å². The Bertz CT molecular complexity index is 927. The Hall–Kier alpha value is -2.02. The van der Waals surface area contributed by atoms with E-state index in [-0.39, 0.29) is 11.2 Å². The Morgan fingerprint density at radius 2 is 1.85 bits per heavy atom. The number of nitrogens with zero attached hydrogens (tertiary/aromatic N) is 2. The molecule has 2 aromatic carbocycles. The van der Waals surface area contributed by atoms with E-state index in [9.17, 15) is 4.79 Å². The Balaban J connectivity index is 1.66. The molecule has 3 rings (SSSR count). The van der Waals surface area contributed by atoms with Gasteiger partial charge in [-0.05, 0) is 55.8 Å². The number of halogens is 2. The van der Waals surface area contributed by atoms with Gasteiger partial charge in [0, 0.05) is 21.3 Å². The Kier molecular flexibility index (Phi) is 5.86. The maximum Gasteiger partial charge on any atom is 0.237 e. The van der Waals surface area contributed by atoms with Crippen LogP contribution in [0.4, 0.5) is 5.69 Å². The van der Waals surface area contributed by atoms with Crippen LogP contribution in [-0.2, 0) is 4.79 Å². The zero-order valence-corrected chi connectivity index (χ0v) is 16.4. The fraction of sp³-hybridized carbons (Fsp3) is 0.167. The van der Waals surface area contributed by atoms with Crippen LogP contribution >= 0.6 is 35.0 Å². The average Bonchev–Trinajstić information content (AvgIpc) is 3.07. The van der Waals surface area contributed by atoms with Crippen molar-refractivity contribution in [1.82, 2.24) is 15.2 Å². The van der Waals surface area contributed by atoms with Crippen LogP contribution in [-0.4, -0.2) is 26.3 Å². The van der Waals surface area contributed by atoms with E-state index in [2.05, 4.69) is 20.5 Å². The molecule has 1 aromatic heterocycles. The largest absolute Gasteiger partial charge is 0.325 e. The van der Waals surface area contributed by atoms with Crippen LogP contribution in [0.5, 0.6) is 0 Å². The van der Waals surface area contributed by atoms with Crippen molar-refractivity contribution in [3.8, 4) is 11.4 Å². The van der Waals surface area contributed by atoms with E-state index in [4.69, 9.17) is 23.2 Å². The molecule has 0 spiro atoms. The minimum absolute atomic E-state index is 0.141. The molecule has 0 saturated carbocycles. The average molecular weight is 407 g/mol. The maximum absolute atomic E-state index is 12.4. The molecule has 1 heterocycles. The van der Waals surface area contributed by atoms with E-state index >= 15 is 0 Å². The molecule has 0 aliphatic carbocycles. The molecule has 0 aliphatic rings. The summed E-state index contributed by atoms with van der Waals surface area (Å²) in [5, 5.41) is 11.3. The van der Waals surface area contributed by atoms with Crippen molar-refractivity contribution >= 4 is 46.6 Å². The Morgan fingerprint density at radius 1 is 1.15 bits per heavy atom. The zero-order valence-electron chi connectivity index (χ0n) is 14.1. The Morgan fingerprint density at radius 3 is 2.58 bits per heavy atom. The number of aromatic amines is 1. The molecule has 0 fully saturated rings. The van der Waals surface area contributed by atoms with Gasteiger partial charge in [-0.2, -0.15) is 0 Å². The topological polar surface area (TPSA) is 70.7 Å². The van der Waals surface area contributed by atoms with Crippen LogP contribution in [0.3, 0.4) is 0 Å². The predicted octanol–water partition coefficient (Wildman–Crippen LogP) is 5.21. The lowest BCUT2D eigenvalue weighted by atomic mass is 10.2. The summed E-state index contributed by atoms with van der Waals surface area (Å²) in [6.07, 6.45) is 0. The van der Waals surface area contributed by atoms with E-state index in [1.807, 2.05) is 25.1 Å². The molecule has 134 valence electrons. The SMILES string of the molecule is Cc1ccc(Cl)cc1NC(=O)C(C)Sc1n[nH]c(-c2ccc(Cl)cc2)n1. The van der Waals surface area contributed by atoms with E-state index in [0.717, 1.165) is 11.1 Å². The zero-order chi connectivity index (χ0) is 18.7. The van der Waals surface area contributed by atoms with Crippen LogP contribution in [0.25, 0.3) is 11.4 Å². The third-order valence-corrected chi connectivity index (χ3v) is 5.14. The number of benzene rings is 2. The summed E-state index contributed by atoms with van der Waals surface area (Å²) in [5.74, 6) is 0.487. The van der Waals surface area contributed by atoms with E-state index in [0.29, 0.717) is 26.7 Å². The van der Waals surface area contributed by atoms with Crippen molar-refractivity contribution in [2.45, 2.75) is 24.3 Å². The highest BCUT2D eigenvalue weighted by Gasteiger charge is 2.18. The molecule has 3 aromatic rings. The molecule has 0 saturated heterocycles. The molecule has 1 unspecified atom stereocenters. The number of aryl methyl sites for hydroxylation is 1. The first kappa shape index (κ1) is 18.8. The molecule has 26 heavy (non-hydrogen) atoms. The number of hydrogen-bond donors (Lipinski definition) is 2. The second kappa shape index (κ2) is 8.12. The summed E-state index contributed by atoms with van der Waals surface area (Å²) in [6.45, 7) is 3.72. The highest BCUT2D eigenvalue weighted by molar-refractivity contribution is 8.00. The number of thioether (sulfide) groups is 1. The third-order valence-electron chi connectivity index (χ3n) is 3.69. The highest BCUT2D eigenvalue weighted by Crippen LogP contribution is 2.26. The van der Waals surface area contributed by atoms with Gasteiger partial charge in [-0.3, -0.25) is 9.89 Å². The molecule has 8 heteroatoms. The van der Waals surface area contributed by atoms with Crippen LogP contribution in [0.1, 0.15) is 12.5 Å². The number of aromatic nitrogens is 3. The van der Waals surface area contributed by atoms with E-state index < -0.39 is 0 Å². The monoisotopic (exact) mass is 406 g/mol. The van der Waals surface area contributed by atoms with Gasteiger partial charge in [0.2, 0.25) is 11.1 Å². The summed E-state index contributed by atoms with van der Waals surface area (Å²) < 4.78 is 0. The quantitative estimate of drug-likeness (QED) is 0.570. The number of hydrogen-bond acceptors (Lipinski definition) is 4. The summed E-state index contributed by atoms with van der Waals surface area (Å²) in [5.41, 5.74) is 2.52. The molecule has 2 N–H and O–H groups in total. The first-order valence-electron chi connectivity index (χ1n) is 7.84. The lowest BCUT2D eigenvalue weighted by Gasteiger charge is -2.12. The number of anilines is 1. The molecule has 0 radical (unpaired) electrons. The normalized spacial score (nSPS) is 12.0. The van der Waals surface area contributed by atoms with Crippen molar-refractivity contribution < 1.29 is 4.79 Å². The first-order chi connectivity index (χ1) is 12.4. The third kappa shape index (κ3) is 4.58. The summed E-state index contributed by atoms with van der Waals surface area (Å²) in [4.78, 5) is 16.9. The molecule has 1 atom stereocenters. The standard InChI is InChI=1S/C18H16Cl2N4OS/c1-10-3-6-14(20)9-15(10)21-17(25)11(2)26-18-22-16(23-24-18)12-4-7-13(19)8-5-12/h3-9,11H,1-2H3,(H,21,25)(H,22,23,24). The summed E-state index contributed by atoms with van der Waals surface area (Å²) in [7, 11) is 0. The molecule has 0 bridgehead atoms. The van der Waals surface area contributed by atoms with Crippen molar-refractivity contribution in [2.75, 3.05) is 5.32 Å². The van der Waals surface area contributed by atoms with Gasteiger partial charge in [0.05, 0.1) is 5.25 Å². The summed E-state index contributed by atoms with van der Waals surface area (Å²) >= 11 is 13.2. The molecule has 0 aliphatic heterocycles. The van der Waals surface area contributed by atoms with E-state index in [1.165, 1.54) is 11.8 Å². The van der Waals surface area contributed by atoms with Gasteiger partial charge in [0.1, 0.15) is 0 Å². The molecule has 1 amide bonds. The second-order valence-electron chi connectivity index (χ2n) is 5.68. The van der Waals surface area contributed by atoms with Gasteiger partial charge < -0.3 is 5.32 Å². The van der Waals surface area contributed by atoms with Crippen molar-refractivity contribution in [1.29, 1.82) is 0 Å². The highest BCUT2D eigenvalue weighted by atomic mass is 35.5. The van der Waals surface area contributed by atoms with Crippen LogP contribution in [0, 0.1) is 6.92 Å². The lowest BCUT2D eigenvalue weighted by molar-refractivity contribution is -0.115. The minimum atomic E-state index is -0.373. The van der Waals surface area contributed by atoms with Gasteiger partial charge >= 0.3 is 0 Å². The minimum Gasteiger partial charge on any atom is -0.325 e. The van der Waals surface area contributed by atoms with Crippen LogP contribution in [0.2, 0.25) is 10.0 Å². The van der Waals surface area contributed by atoms with Gasteiger partial charge in [-0.1, -0.05) is 41.0 Å². The van der Waals surface area contributed by atoms with Gasteiger partial charge in [-0.25, -0.2) is 4.98 Å². The van der Waals surface area contributed by atoms with E-state index in [1.54, 1.807) is 31.2 Å². The van der Waals surface area contributed by atoms with Crippen molar-refractivity contribution in [3.63, 3.8) is 0 Å². The lowest BCUT2D eigenvalue weighted by Crippen LogP contribution is -2.23. The first-order valence-corrected chi connectivity index (χ1v) is 9.48. The number of amides is 1. The fourth-order valence-electron chi connectivity index (χ4n) is 2.21. The molecular weight excluding hydrogens is 391 g/mol. The van der Waals surface area contributed by atoms with Crippen LogP contribution < -0.4 is 5.32 Å². The van der Waals surface area contributed by atoms with Crippen molar-refractivity contribution in [2.24, 2.45) is 0 Å². The number of nitrogens with one attached hydrogen (secondary N) is 2. The number of carbonyl (C=O) groups excluding carboxylic acids is 1.